The minimum absolute atomic E-state index is 0.713. The fraction of sp³-hybridized carbons (Fsp3) is 0. The van der Waals surface area contributed by atoms with Crippen molar-refractivity contribution in [2.45, 2.75) is 0 Å². The Hall–Kier alpha value is -2.51. The molecule has 0 unspecified atom stereocenters. The summed E-state index contributed by atoms with van der Waals surface area (Å²) in [6.07, 6.45) is 4.76. The van der Waals surface area contributed by atoms with E-state index in [9.17, 15) is 0 Å². The van der Waals surface area contributed by atoms with Gasteiger partial charge in [0, 0.05) is 0 Å². The van der Waals surface area contributed by atoms with Crippen LogP contribution in [0.5, 0.6) is 0 Å². The molecule has 0 saturated carbocycles. The summed E-state index contributed by atoms with van der Waals surface area (Å²) in [6, 6.07) is 0. The van der Waals surface area contributed by atoms with Gasteiger partial charge in [-0.1, -0.05) is 0 Å². The molecule has 2 aromatic heterocycles. The van der Waals surface area contributed by atoms with Gasteiger partial charge in [-0.15, -0.1) is 0 Å². The summed E-state index contributed by atoms with van der Waals surface area (Å²) in [4.78, 5) is 32.7. The quantitative estimate of drug-likeness (QED) is 0.500. The fourth-order valence-electron chi connectivity index (χ4n) is 0.691. The van der Waals surface area contributed by atoms with Gasteiger partial charge in [0.25, 0.3) is 0 Å². The third-order valence-corrected chi connectivity index (χ3v) is 1.28. The lowest BCUT2D eigenvalue weighted by molar-refractivity contribution is -0.159. The van der Waals surface area contributed by atoms with Crippen LogP contribution in [0, 0.1) is 0 Å². The number of aromatic amines is 1. The van der Waals surface area contributed by atoms with E-state index in [0.29, 0.717) is 5.65 Å². The van der Waals surface area contributed by atoms with Crippen molar-refractivity contribution in [2.24, 2.45) is 0 Å². The average Bonchev–Trinajstić information content (AvgIpc) is 2.66. The zero-order valence-electron chi connectivity index (χ0n) is 7.28. The number of carbonyl (C=O) groups is 2. The van der Waals surface area contributed by atoms with Gasteiger partial charge >= 0.3 is 11.9 Å². The summed E-state index contributed by atoms with van der Waals surface area (Å²) in [5, 5.41) is 14.8. The Morgan fingerprint density at radius 1 is 1.20 bits per heavy atom. The highest BCUT2D eigenvalue weighted by molar-refractivity contribution is 6.27. The van der Waals surface area contributed by atoms with Gasteiger partial charge in [-0.3, -0.25) is 0 Å². The molecule has 3 N–H and O–H groups in total. The van der Waals surface area contributed by atoms with Gasteiger partial charge in [-0.25, -0.2) is 24.5 Å². The SMILES string of the molecule is O=C(O)C(=O)O.c1ncc2[nH]cnc2n1. The molecule has 0 aromatic carbocycles. The molecular weight excluding hydrogens is 204 g/mol. The molecule has 0 aliphatic heterocycles. The third-order valence-electron chi connectivity index (χ3n) is 1.28. The van der Waals surface area contributed by atoms with E-state index in [-0.39, 0.29) is 0 Å². The van der Waals surface area contributed by atoms with Gasteiger partial charge in [0.2, 0.25) is 0 Å². The predicted molar refractivity (Wildman–Crippen MR) is 47.0 cm³/mol. The Kier molecular flexibility index (Phi) is 3.28. The first kappa shape index (κ1) is 10.6. The Labute approximate surface area is 82.6 Å². The predicted octanol–water partition coefficient (Wildman–Crippen LogP) is -0.492. The van der Waals surface area contributed by atoms with Gasteiger partial charge in [0.1, 0.15) is 11.8 Å². The molecule has 0 spiro atoms. The molecule has 0 aliphatic carbocycles. The highest BCUT2D eigenvalue weighted by atomic mass is 16.4. The van der Waals surface area contributed by atoms with Crippen LogP contribution in [-0.2, 0) is 9.59 Å². The maximum Gasteiger partial charge on any atom is 0.414 e. The van der Waals surface area contributed by atoms with Crippen molar-refractivity contribution in [2.75, 3.05) is 0 Å². The van der Waals surface area contributed by atoms with E-state index >= 15 is 0 Å². The van der Waals surface area contributed by atoms with Gasteiger partial charge in [-0.2, -0.15) is 0 Å². The number of nitrogens with zero attached hydrogens (tertiary/aromatic N) is 3. The molecule has 0 bridgehead atoms. The van der Waals surface area contributed by atoms with Crippen LogP contribution < -0.4 is 0 Å². The van der Waals surface area contributed by atoms with E-state index < -0.39 is 11.9 Å². The third kappa shape index (κ3) is 3.03. The highest BCUT2D eigenvalue weighted by Crippen LogP contribution is 1.99. The molecule has 15 heavy (non-hydrogen) atoms. The monoisotopic (exact) mass is 210 g/mol. The van der Waals surface area contributed by atoms with Crippen molar-refractivity contribution in [1.29, 1.82) is 0 Å². The van der Waals surface area contributed by atoms with Gasteiger partial charge in [0.15, 0.2) is 5.65 Å². The minimum Gasteiger partial charge on any atom is -0.473 e. The molecule has 2 aromatic rings. The van der Waals surface area contributed by atoms with Gasteiger partial charge in [0.05, 0.1) is 12.5 Å². The normalized spacial score (nSPS) is 9.07. The molecule has 0 radical (unpaired) electrons. The summed E-state index contributed by atoms with van der Waals surface area (Å²) in [7, 11) is 0. The molecule has 78 valence electrons. The fourth-order valence-corrected chi connectivity index (χ4v) is 0.691. The molecule has 0 fully saturated rings. The number of carboxylic acid groups (broad SMARTS) is 2. The highest BCUT2D eigenvalue weighted by Gasteiger charge is 2.04. The smallest absolute Gasteiger partial charge is 0.414 e. The Bertz CT molecular complexity index is 438. The number of aliphatic carboxylic acids is 2. The summed E-state index contributed by atoms with van der Waals surface area (Å²) in [6.45, 7) is 0. The van der Waals surface area contributed by atoms with Crippen LogP contribution in [0.3, 0.4) is 0 Å². The van der Waals surface area contributed by atoms with E-state index in [1.165, 1.54) is 6.33 Å². The summed E-state index contributed by atoms with van der Waals surface area (Å²) in [5.74, 6) is -3.65. The molecule has 2 heterocycles. The first-order valence-electron chi connectivity index (χ1n) is 3.66. The lowest BCUT2D eigenvalue weighted by Gasteiger charge is -1.80. The van der Waals surface area contributed by atoms with Crippen molar-refractivity contribution in [1.82, 2.24) is 19.9 Å². The first-order valence-corrected chi connectivity index (χ1v) is 3.66. The van der Waals surface area contributed by atoms with Crippen LogP contribution in [0.25, 0.3) is 11.2 Å². The molecular formula is C7H6N4O4. The number of hydrogen-bond donors (Lipinski definition) is 3. The maximum absolute atomic E-state index is 9.10. The molecule has 0 amide bonds. The molecule has 0 saturated heterocycles. The Balaban J connectivity index is 0.000000167. The summed E-state index contributed by atoms with van der Waals surface area (Å²) in [5.41, 5.74) is 1.59. The second-order valence-electron chi connectivity index (χ2n) is 2.27. The zero-order valence-corrected chi connectivity index (χ0v) is 7.28. The number of aromatic nitrogens is 4. The van der Waals surface area contributed by atoms with Crippen LogP contribution in [0.4, 0.5) is 0 Å². The van der Waals surface area contributed by atoms with Crippen molar-refractivity contribution in [3.05, 3.63) is 18.9 Å². The van der Waals surface area contributed by atoms with Crippen molar-refractivity contribution in [3.8, 4) is 0 Å². The van der Waals surface area contributed by atoms with Crippen molar-refractivity contribution in [3.63, 3.8) is 0 Å². The molecule has 2 rings (SSSR count). The summed E-state index contributed by atoms with van der Waals surface area (Å²) < 4.78 is 0. The number of nitrogens with one attached hydrogen (secondary N) is 1. The maximum atomic E-state index is 9.10. The lowest BCUT2D eigenvalue weighted by atomic mass is 10.6. The molecule has 8 nitrogen and oxygen atoms in total. The number of imidazole rings is 1. The van der Waals surface area contributed by atoms with E-state index in [0.717, 1.165) is 5.52 Å². The van der Waals surface area contributed by atoms with E-state index in [4.69, 9.17) is 19.8 Å². The molecule has 8 heteroatoms. The van der Waals surface area contributed by atoms with E-state index in [1.54, 1.807) is 12.5 Å². The average molecular weight is 210 g/mol. The first-order chi connectivity index (χ1) is 7.11. The lowest BCUT2D eigenvalue weighted by Crippen LogP contribution is -2.09. The summed E-state index contributed by atoms with van der Waals surface area (Å²) >= 11 is 0. The van der Waals surface area contributed by atoms with Gasteiger partial charge in [-0.05, 0) is 0 Å². The largest absolute Gasteiger partial charge is 0.473 e. The number of rotatable bonds is 0. The molecule has 0 atom stereocenters. The van der Waals surface area contributed by atoms with Crippen LogP contribution in [0.2, 0.25) is 0 Å². The van der Waals surface area contributed by atoms with Crippen LogP contribution in [0.1, 0.15) is 0 Å². The van der Waals surface area contributed by atoms with Crippen LogP contribution in [-0.4, -0.2) is 42.1 Å². The Morgan fingerprint density at radius 3 is 2.40 bits per heavy atom. The van der Waals surface area contributed by atoms with Crippen LogP contribution in [0.15, 0.2) is 18.9 Å². The standard InChI is InChI=1S/C5H4N4.C2H2O4/c1-4-5(8-2-6-1)9-3-7-4;3-1(4)2(5)6/h1-3H,(H,6,7,8,9);(H,3,4)(H,5,6). The number of carboxylic acids is 2. The molecule has 0 aliphatic rings. The number of hydrogen-bond acceptors (Lipinski definition) is 5. The van der Waals surface area contributed by atoms with Crippen molar-refractivity contribution < 1.29 is 19.8 Å². The van der Waals surface area contributed by atoms with Crippen LogP contribution >= 0.6 is 0 Å². The second-order valence-corrected chi connectivity index (χ2v) is 2.27. The topological polar surface area (TPSA) is 129 Å². The second kappa shape index (κ2) is 4.65. The Morgan fingerprint density at radius 2 is 1.87 bits per heavy atom. The number of fused-ring (bicyclic) bond motifs is 1. The minimum atomic E-state index is -1.82. The zero-order chi connectivity index (χ0) is 11.3. The van der Waals surface area contributed by atoms with E-state index in [1.807, 2.05) is 0 Å². The van der Waals surface area contributed by atoms with Gasteiger partial charge < -0.3 is 15.2 Å². The number of H-pyrrole nitrogens is 1. The van der Waals surface area contributed by atoms with Crippen molar-refractivity contribution >= 4 is 23.1 Å². The van der Waals surface area contributed by atoms with E-state index in [2.05, 4.69) is 19.9 Å².